The van der Waals surface area contributed by atoms with Crippen molar-refractivity contribution < 1.29 is 9.59 Å². The van der Waals surface area contributed by atoms with E-state index in [9.17, 15) is 9.59 Å². The van der Waals surface area contributed by atoms with Gasteiger partial charge in [-0.3, -0.25) is 9.59 Å². The molecular formula is C20H21N3O2. The average Bonchev–Trinajstić information content (AvgIpc) is 2.64. The maximum atomic E-state index is 11.9. The minimum atomic E-state index is -0.108. The van der Waals surface area contributed by atoms with Crippen LogP contribution in [0.15, 0.2) is 54.6 Å². The van der Waals surface area contributed by atoms with Crippen molar-refractivity contribution in [3.05, 3.63) is 65.7 Å². The average molecular weight is 335 g/mol. The molecule has 0 fully saturated rings. The molecule has 0 unspecified atom stereocenters. The Morgan fingerprint density at radius 2 is 1.76 bits per heavy atom. The van der Waals surface area contributed by atoms with Crippen LogP contribution in [0, 0.1) is 11.3 Å². The molecule has 0 bridgehead atoms. The first-order chi connectivity index (χ1) is 12.1. The fourth-order valence-corrected chi connectivity index (χ4v) is 2.48. The smallest absolute Gasteiger partial charge is 0.223 e. The minimum Gasteiger partial charge on any atom is -0.354 e. The van der Waals surface area contributed by atoms with Crippen LogP contribution in [0.1, 0.15) is 24.5 Å². The van der Waals surface area contributed by atoms with E-state index < -0.39 is 0 Å². The van der Waals surface area contributed by atoms with Gasteiger partial charge >= 0.3 is 0 Å². The van der Waals surface area contributed by atoms with Gasteiger partial charge in [0.25, 0.3) is 0 Å². The van der Waals surface area contributed by atoms with Gasteiger partial charge in [-0.25, -0.2) is 0 Å². The van der Waals surface area contributed by atoms with E-state index in [0.717, 1.165) is 5.56 Å². The Bertz CT molecular complexity index is 749. The maximum Gasteiger partial charge on any atom is 0.223 e. The molecule has 0 spiro atoms. The zero-order chi connectivity index (χ0) is 18.1. The lowest BCUT2D eigenvalue weighted by Crippen LogP contribution is -2.37. The van der Waals surface area contributed by atoms with Crippen molar-refractivity contribution in [3.8, 4) is 6.07 Å². The van der Waals surface area contributed by atoms with Crippen LogP contribution in [0.2, 0.25) is 0 Å². The molecule has 2 aromatic rings. The predicted molar refractivity (Wildman–Crippen MR) is 97.0 cm³/mol. The highest BCUT2D eigenvalue weighted by molar-refractivity contribution is 5.91. The molecule has 0 aliphatic carbocycles. The zero-order valence-electron chi connectivity index (χ0n) is 14.2. The summed E-state index contributed by atoms with van der Waals surface area (Å²) in [7, 11) is 0. The summed E-state index contributed by atoms with van der Waals surface area (Å²) in [6.07, 6.45) is 1.11. The third-order valence-corrected chi connectivity index (χ3v) is 3.83. The van der Waals surface area contributed by atoms with Gasteiger partial charge < -0.3 is 10.2 Å². The first kappa shape index (κ1) is 18.2. The number of nitriles is 1. The molecular weight excluding hydrogens is 314 g/mol. The second-order valence-corrected chi connectivity index (χ2v) is 5.66. The number of rotatable bonds is 7. The van der Waals surface area contributed by atoms with E-state index in [1.165, 1.54) is 6.92 Å². The largest absolute Gasteiger partial charge is 0.354 e. The van der Waals surface area contributed by atoms with E-state index in [1.54, 1.807) is 29.2 Å². The topological polar surface area (TPSA) is 73.2 Å². The second kappa shape index (κ2) is 9.24. The quantitative estimate of drug-likeness (QED) is 0.845. The molecule has 25 heavy (non-hydrogen) atoms. The van der Waals surface area contributed by atoms with Crippen molar-refractivity contribution in [1.82, 2.24) is 5.32 Å². The molecule has 1 N–H and O–H groups in total. The molecule has 2 rings (SSSR count). The summed E-state index contributed by atoms with van der Waals surface area (Å²) < 4.78 is 0. The van der Waals surface area contributed by atoms with Gasteiger partial charge in [-0.05, 0) is 36.2 Å². The molecule has 2 aromatic carbocycles. The third-order valence-electron chi connectivity index (χ3n) is 3.83. The zero-order valence-corrected chi connectivity index (χ0v) is 14.2. The monoisotopic (exact) mass is 335 g/mol. The molecule has 0 saturated heterocycles. The summed E-state index contributed by atoms with van der Waals surface area (Å²) in [6, 6.07) is 18.7. The van der Waals surface area contributed by atoms with Crippen LogP contribution in [0.3, 0.4) is 0 Å². The lowest BCUT2D eigenvalue weighted by atomic mass is 10.1. The van der Waals surface area contributed by atoms with E-state index in [1.807, 2.05) is 36.4 Å². The fraction of sp³-hybridized carbons (Fsp3) is 0.250. The molecule has 2 amide bonds. The first-order valence-corrected chi connectivity index (χ1v) is 8.19. The second-order valence-electron chi connectivity index (χ2n) is 5.66. The summed E-state index contributed by atoms with van der Waals surface area (Å²) in [4.78, 5) is 25.4. The number of anilines is 1. The van der Waals surface area contributed by atoms with Crippen LogP contribution in [-0.2, 0) is 16.0 Å². The Morgan fingerprint density at radius 1 is 1.08 bits per heavy atom. The number of hydrogen-bond donors (Lipinski definition) is 1. The van der Waals surface area contributed by atoms with Gasteiger partial charge in [0.1, 0.15) is 0 Å². The van der Waals surface area contributed by atoms with E-state index >= 15 is 0 Å². The van der Waals surface area contributed by atoms with E-state index in [0.29, 0.717) is 37.2 Å². The Labute approximate surface area is 147 Å². The number of nitrogens with one attached hydrogen (secondary N) is 1. The number of amides is 2. The molecule has 0 radical (unpaired) electrons. The number of carbonyl (C=O) groups is 2. The first-order valence-electron chi connectivity index (χ1n) is 8.19. The molecule has 0 atom stereocenters. The summed E-state index contributed by atoms with van der Waals surface area (Å²) in [5.41, 5.74) is 2.38. The molecule has 0 saturated carbocycles. The highest BCUT2D eigenvalue weighted by Crippen LogP contribution is 2.15. The van der Waals surface area contributed by atoms with Gasteiger partial charge in [0.15, 0.2) is 0 Å². The fourth-order valence-electron chi connectivity index (χ4n) is 2.48. The van der Waals surface area contributed by atoms with Crippen LogP contribution < -0.4 is 10.2 Å². The van der Waals surface area contributed by atoms with Gasteiger partial charge in [-0.1, -0.05) is 30.3 Å². The molecule has 0 aliphatic heterocycles. The standard InChI is InChI=1S/C20H21N3O2/c1-16(24)23(19-10-7-18(15-21)8-11-19)14-13-22-20(25)12-9-17-5-3-2-4-6-17/h2-8,10-11H,9,12-14H2,1H3,(H,22,25). The lowest BCUT2D eigenvalue weighted by Gasteiger charge is -2.21. The van der Waals surface area contributed by atoms with Gasteiger partial charge in [-0.2, -0.15) is 5.26 Å². The van der Waals surface area contributed by atoms with E-state index in [4.69, 9.17) is 5.26 Å². The highest BCUT2D eigenvalue weighted by atomic mass is 16.2. The Kier molecular flexibility index (Phi) is 6.73. The third kappa shape index (κ3) is 5.78. The van der Waals surface area contributed by atoms with Crippen molar-refractivity contribution in [3.63, 3.8) is 0 Å². The van der Waals surface area contributed by atoms with Crippen molar-refractivity contribution in [1.29, 1.82) is 5.26 Å². The summed E-state index contributed by atoms with van der Waals surface area (Å²) in [5, 5.41) is 11.7. The number of benzene rings is 2. The van der Waals surface area contributed by atoms with Crippen molar-refractivity contribution in [2.45, 2.75) is 19.8 Å². The van der Waals surface area contributed by atoms with Crippen LogP contribution in [0.5, 0.6) is 0 Å². The minimum absolute atomic E-state index is 0.0350. The summed E-state index contributed by atoms with van der Waals surface area (Å²) >= 11 is 0. The molecule has 5 nitrogen and oxygen atoms in total. The van der Waals surface area contributed by atoms with Gasteiger partial charge in [0, 0.05) is 32.1 Å². The summed E-state index contributed by atoms with van der Waals surface area (Å²) in [6.45, 7) is 2.25. The molecule has 128 valence electrons. The Balaban J connectivity index is 1.81. The molecule has 0 heterocycles. The van der Waals surface area contributed by atoms with Crippen LogP contribution >= 0.6 is 0 Å². The van der Waals surface area contributed by atoms with E-state index in [-0.39, 0.29) is 11.8 Å². The number of hydrogen-bond acceptors (Lipinski definition) is 3. The number of carbonyl (C=O) groups excluding carboxylic acids is 2. The Morgan fingerprint density at radius 3 is 2.36 bits per heavy atom. The Hall–Kier alpha value is -3.13. The van der Waals surface area contributed by atoms with Gasteiger partial charge in [-0.15, -0.1) is 0 Å². The normalized spacial score (nSPS) is 9.92. The van der Waals surface area contributed by atoms with Crippen molar-refractivity contribution >= 4 is 17.5 Å². The highest BCUT2D eigenvalue weighted by Gasteiger charge is 2.11. The summed E-state index contributed by atoms with van der Waals surface area (Å²) in [5.74, 6) is -0.143. The number of aryl methyl sites for hydroxylation is 1. The SMILES string of the molecule is CC(=O)N(CCNC(=O)CCc1ccccc1)c1ccc(C#N)cc1. The molecule has 0 aliphatic rings. The van der Waals surface area contributed by atoms with Gasteiger partial charge in [0.2, 0.25) is 11.8 Å². The van der Waals surface area contributed by atoms with Crippen LogP contribution in [-0.4, -0.2) is 24.9 Å². The van der Waals surface area contributed by atoms with Crippen molar-refractivity contribution in [2.24, 2.45) is 0 Å². The van der Waals surface area contributed by atoms with Crippen molar-refractivity contribution in [2.75, 3.05) is 18.0 Å². The molecule has 5 heteroatoms. The maximum absolute atomic E-state index is 11.9. The van der Waals surface area contributed by atoms with Crippen LogP contribution in [0.25, 0.3) is 0 Å². The van der Waals surface area contributed by atoms with E-state index in [2.05, 4.69) is 5.32 Å². The van der Waals surface area contributed by atoms with Crippen LogP contribution in [0.4, 0.5) is 5.69 Å². The molecule has 0 aromatic heterocycles. The van der Waals surface area contributed by atoms with Gasteiger partial charge in [0.05, 0.1) is 11.6 Å². The lowest BCUT2D eigenvalue weighted by molar-refractivity contribution is -0.121. The predicted octanol–water partition coefficient (Wildman–Crippen LogP) is 2.66. The number of nitrogens with zero attached hydrogens (tertiary/aromatic N) is 2.